The Kier molecular flexibility index (Phi) is 5.71. The SMILES string of the molecule is CCCOc1ccc(/C=N/n2c(C)n[nH]c2=S)cc1OCC. The molecule has 1 aromatic heterocycles. The molecule has 0 amide bonds. The molecule has 0 fully saturated rings. The number of aromatic amines is 1. The zero-order valence-electron chi connectivity index (χ0n) is 13.0. The molecule has 7 heteroatoms. The van der Waals surface area contributed by atoms with Gasteiger partial charge in [-0.05, 0) is 56.2 Å². The lowest BCUT2D eigenvalue weighted by Gasteiger charge is -2.11. The van der Waals surface area contributed by atoms with Crippen LogP contribution in [0.15, 0.2) is 23.3 Å². The van der Waals surface area contributed by atoms with Crippen molar-refractivity contribution >= 4 is 18.4 Å². The highest BCUT2D eigenvalue weighted by atomic mass is 32.1. The van der Waals surface area contributed by atoms with Crippen LogP contribution in [-0.2, 0) is 0 Å². The molecule has 1 N–H and O–H groups in total. The fraction of sp³-hybridized carbons (Fsp3) is 0.400. The van der Waals surface area contributed by atoms with Crippen molar-refractivity contribution in [3.8, 4) is 11.5 Å². The summed E-state index contributed by atoms with van der Waals surface area (Å²) in [7, 11) is 0. The number of rotatable bonds is 7. The lowest BCUT2D eigenvalue weighted by atomic mass is 10.2. The number of nitrogens with zero attached hydrogens (tertiary/aromatic N) is 3. The van der Waals surface area contributed by atoms with Crippen LogP contribution >= 0.6 is 12.2 Å². The van der Waals surface area contributed by atoms with Crippen LogP contribution in [0.1, 0.15) is 31.7 Å². The molecule has 1 heterocycles. The Morgan fingerprint density at radius 1 is 1.32 bits per heavy atom. The average molecular weight is 320 g/mol. The summed E-state index contributed by atoms with van der Waals surface area (Å²) in [6.45, 7) is 7.08. The molecule has 118 valence electrons. The van der Waals surface area contributed by atoms with Crippen molar-refractivity contribution in [3.63, 3.8) is 0 Å². The van der Waals surface area contributed by atoms with Crippen molar-refractivity contribution in [3.05, 3.63) is 34.4 Å². The predicted molar refractivity (Wildman–Crippen MR) is 88.5 cm³/mol. The second-order valence-electron chi connectivity index (χ2n) is 4.62. The van der Waals surface area contributed by atoms with Crippen LogP contribution in [0.5, 0.6) is 11.5 Å². The molecule has 2 aromatic rings. The van der Waals surface area contributed by atoms with Crippen LogP contribution in [0.2, 0.25) is 0 Å². The number of aryl methyl sites for hydroxylation is 1. The Morgan fingerprint density at radius 2 is 2.14 bits per heavy atom. The largest absolute Gasteiger partial charge is 0.490 e. The molecular formula is C15H20N4O2S. The first-order valence-corrected chi connectivity index (χ1v) is 7.64. The number of benzene rings is 1. The van der Waals surface area contributed by atoms with E-state index in [0.29, 0.717) is 29.6 Å². The topological polar surface area (TPSA) is 64.4 Å². The van der Waals surface area contributed by atoms with Gasteiger partial charge >= 0.3 is 0 Å². The number of H-pyrrole nitrogens is 1. The third-order valence-corrected chi connectivity index (χ3v) is 3.13. The normalized spacial score (nSPS) is 11.0. The van der Waals surface area contributed by atoms with E-state index in [4.69, 9.17) is 21.7 Å². The van der Waals surface area contributed by atoms with E-state index in [-0.39, 0.29) is 0 Å². The summed E-state index contributed by atoms with van der Waals surface area (Å²) in [5.74, 6) is 2.17. The van der Waals surface area contributed by atoms with Gasteiger partial charge in [-0.1, -0.05) is 6.92 Å². The van der Waals surface area contributed by atoms with Crippen LogP contribution in [0.4, 0.5) is 0 Å². The van der Waals surface area contributed by atoms with Crippen LogP contribution in [-0.4, -0.2) is 34.3 Å². The Morgan fingerprint density at radius 3 is 2.77 bits per heavy atom. The number of ether oxygens (including phenoxy) is 2. The van der Waals surface area contributed by atoms with E-state index in [1.54, 1.807) is 10.9 Å². The summed E-state index contributed by atoms with van der Waals surface area (Å²) >= 11 is 5.11. The molecule has 22 heavy (non-hydrogen) atoms. The molecule has 0 aliphatic heterocycles. The Hall–Kier alpha value is -2.15. The van der Waals surface area contributed by atoms with E-state index < -0.39 is 0 Å². The van der Waals surface area contributed by atoms with Gasteiger partial charge in [-0.25, -0.2) is 0 Å². The molecular weight excluding hydrogens is 300 g/mol. The quantitative estimate of drug-likeness (QED) is 0.628. The number of hydrogen-bond donors (Lipinski definition) is 1. The minimum atomic E-state index is 0.460. The van der Waals surface area contributed by atoms with Crippen molar-refractivity contribution < 1.29 is 9.47 Å². The van der Waals surface area contributed by atoms with Gasteiger partial charge < -0.3 is 9.47 Å². The van der Waals surface area contributed by atoms with Gasteiger partial charge in [-0.2, -0.15) is 14.9 Å². The molecule has 0 unspecified atom stereocenters. The van der Waals surface area contributed by atoms with Gasteiger partial charge in [0, 0.05) is 0 Å². The fourth-order valence-corrected chi connectivity index (χ4v) is 2.06. The van der Waals surface area contributed by atoms with Crippen LogP contribution in [0.3, 0.4) is 0 Å². The van der Waals surface area contributed by atoms with E-state index >= 15 is 0 Å². The van der Waals surface area contributed by atoms with Crippen molar-refractivity contribution in [1.82, 2.24) is 14.9 Å². The van der Waals surface area contributed by atoms with Crippen molar-refractivity contribution in [2.24, 2.45) is 5.10 Å². The zero-order chi connectivity index (χ0) is 15.9. The first-order chi connectivity index (χ1) is 10.7. The second kappa shape index (κ2) is 7.74. The second-order valence-corrected chi connectivity index (χ2v) is 5.01. The molecule has 0 bridgehead atoms. The molecule has 0 aliphatic carbocycles. The zero-order valence-corrected chi connectivity index (χ0v) is 13.8. The average Bonchev–Trinajstić information content (AvgIpc) is 2.83. The van der Waals surface area contributed by atoms with E-state index in [0.717, 1.165) is 17.7 Å². The van der Waals surface area contributed by atoms with E-state index in [1.165, 1.54) is 0 Å². The van der Waals surface area contributed by atoms with Crippen molar-refractivity contribution in [1.29, 1.82) is 0 Å². The molecule has 2 rings (SSSR count). The molecule has 0 radical (unpaired) electrons. The fourth-order valence-electron chi connectivity index (χ4n) is 1.84. The maximum absolute atomic E-state index is 5.68. The third-order valence-electron chi connectivity index (χ3n) is 2.86. The summed E-state index contributed by atoms with van der Waals surface area (Å²) in [5, 5.41) is 11.0. The smallest absolute Gasteiger partial charge is 0.216 e. The highest BCUT2D eigenvalue weighted by Crippen LogP contribution is 2.28. The maximum Gasteiger partial charge on any atom is 0.216 e. The molecule has 0 spiro atoms. The van der Waals surface area contributed by atoms with Crippen LogP contribution in [0.25, 0.3) is 0 Å². The molecule has 1 aromatic carbocycles. The minimum Gasteiger partial charge on any atom is -0.490 e. The third kappa shape index (κ3) is 3.94. The first kappa shape index (κ1) is 16.2. The monoisotopic (exact) mass is 320 g/mol. The molecule has 0 aliphatic rings. The number of nitrogens with one attached hydrogen (secondary N) is 1. The van der Waals surface area contributed by atoms with Gasteiger partial charge in [0.15, 0.2) is 11.5 Å². The summed E-state index contributed by atoms with van der Waals surface area (Å²) < 4.78 is 13.3. The molecule has 0 saturated heterocycles. The lowest BCUT2D eigenvalue weighted by molar-refractivity contribution is 0.277. The lowest BCUT2D eigenvalue weighted by Crippen LogP contribution is -2.01. The van der Waals surface area contributed by atoms with Crippen LogP contribution in [0, 0.1) is 11.7 Å². The van der Waals surface area contributed by atoms with Crippen molar-refractivity contribution in [2.45, 2.75) is 27.2 Å². The molecule has 0 saturated carbocycles. The highest BCUT2D eigenvalue weighted by Gasteiger charge is 2.06. The van der Waals surface area contributed by atoms with E-state index in [1.807, 2.05) is 32.0 Å². The maximum atomic E-state index is 5.68. The van der Waals surface area contributed by atoms with Gasteiger partial charge in [0.25, 0.3) is 0 Å². The summed E-state index contributed by atoms with van der Waals surface area (Å²) in [6.07, 6.45) is 2.66. The highest BCUT2D eigenvalue weighted by molar-refractivity contribution is 7.71. The van der Waals surface area contributed by atoms with Crippen molar-refractivity contribution in [2.75, 3.05) is 13.2 Å². The van der Waals surface area contributed by atoms with Gasteiger partial charge in [0.05, 0.1) is 19.4 Å². The Bertz CT molecular complexity index is 706. The van der Waals surface area contributed by atoms with Crippen LogP contribution < -0.4 is 9.47 Å². The Labute approximate surface area is 134 Å². The molecule has 6 nitrogen and oxygen atoms in total. The predicted octanol–water partition coefficient (Wildman–Crippen LogP) is 3.32. The van der Waals surface area contributed by atoms with Gasteiger partial charge in [-0.15, -0.1) is 0 Å². The van der Waals surface area contributed by atoms with E-state index in [9.17, 15) is 0 Å². The van der Waals surface area contributed by atoms with Gasteiger partial charge in [0.1, 0.15) is 5.82 Å². The number of hydrogen-bond acceptors (Lipinski definition) is 5. The summed E-state index contributed by atoms with van der Waals surface area (Å²) in [6, 6.07) is 5.72. The summed E-state index contributed by atoms with van der Waals surface area (Å²) in [4.78, 5) is 0. The minimum absolute atomic E-state index is 0.460. The first-order valence-electron chi connectivity index (χ1n) is 7.23. The van der Waals surface area contributed by atoms with E-state index in [2.05, 4.69) is 22.2 Å². The standard InChI is InChI=1S/C15H20N4O2S/c1-4-8-21-13-7-6-12(9-14(13)20-5-2)10-16-19-11(3)17-18-15(19)22/h6-7,9-10H,4-5,8H2,1-3H3,(H,18,22)/b16-10+. The Balaban J connectivity index is 2.24. The summed E-state index contributed by atoms with van der Waals surface area (Å²) in [5.41, 5.74) is 0.898. The van der Waals surface area contributed by atoms with Gasteiger partial charge in [0.2, 0.25) is 4.77 Å². The molecule has 0 atom stereocenters. The number of aromatic nitrogens is 3. The van der Waals surface area contributed by atoms with Gasteiger partial charge in [-0.3, -0.25) is 5.10 Å².